The maximum Gasteiger partial charge on any atom is 0.228 e. The van der Waals surface area contributed by atoms with E-state index in [1.807, 2.05) is 37.3 Å². The number of nitrogens with zero attached hydrogens (tertiary/aromatic N) is 4. The fraction of sp³-hybridized carbons (Fsp3) is 0.526. The topological polar surface area (TPSA) is 60.2 Å². The number of hydrogen-bond donors (Lipinski definition) is 0. The van der Waals surface area contributed by atoms with Crippen LogP contribution in [0, 0.1) is 5.92 Å². The summed E-state index contributed by atoms with van der Waals surface area (Å²) in [6.07, 6.45) is 0. The van der Waals surface area contributed by atoms with Gasteiger partial charge in [-0.3, -0.25) is 9.36 Å². The average Bonchev–Trinajstić information content (AvgIpc) is 3.04. The summed E-state index contributed by atoms with van der Waals surface area (Å²) in [4.78, 5) is 14.9. The number of thioether (sulfide) groups is 1. The highest BCUT2D eigenvalue weighted by Gasteiger charge is 2.24. The highest BCUT2D eigenvalue weighted by Crippen LogP contribution is 2.28. The maximum absolute atomic E-state index is 12.7. The van der Waals surface area contributed by atoms with Crippen LogP contribution in [0.15, 0.2) is 35.5 Å². The smallest absolute Gasteiger partial charge is 0.228 e. The number of carbonyl (C=O) groups is 1. The van der Waals surface area contributed by atoms with Crippen LogP contribution in [0.5, 0.6) is 0 Å². The molecule has 0 bridgehead atoms. The zero-order valence-electron chi connectivity index (χ0n) is 15.6. The Labute approximate surface area is 158 Å². The number of morpholine rings is 1. The monoisotopic (exact) mass is 374 g/mol. The fourth-order valence-electron chi connectivity index (χ4n) is 2.94. The Kier molecular flexibility index (Phi) is 6.32. The van der Waals surface area contributed by atoms with Crippen LogP contribution in [0.4, 0.5) is 5.95 Å². The summed E-state index contributed by atoms with van der Waals surface area (Å²) in [7, 11) is 0. The van der Waals surface area contributed by atoms with Gasteiger partial charge in [-0.15, -0.1) is 10.2 Å². The zero-order chi connectivity index (χ0) is 18.5. The van der Waals surface area contributed by atoms with Crippen molar-refractivity contribution in [3.63, 3.8) is 0 Å². The summed E-state index contributed by atoms with van der Waals surface area (Å²) < 4.78 is 7.59. The number of hydrogen-bond acceptors (Lipinski definition) is 6. The molecule has 0 spiro atoms. The van der Waals surface area contributed by atoms with Crippen LogP contribution in [0.2, 0.25) is 0 Å². The summed E-state index contributed by atoms with van der Waals surface area (Å²) in [6, 6.07) is 9.42. The molecule has 6 nitrogen and oxygen atoms in total. The highest BCUT2D eigenvalue weighted by molar-refractivity contribution is 8.00. The Bertz CT molecular complexity index is 726. The van der Waals surface area contributed by atoms with Crippen LogP contribution in [0.1, 0.15) is 31.1 Å². The summed E-state index contributed by atoms with van der Waals surface area (Å²) in [5.74, 6) is 1.46. The number of anilines is 1. The minimum absolute atomic E-state index is 0.114. The van der Waals surface area contributed by atoms with Crippen molar-refractivity contribution < 1.29 is 9.53 Å². The van der Waals surface area contributed by atoms with Gasteiger partial charge in [-0.1, -0.05) is 55.9 Å². The SMILES string of the molecule is CC(C)Cn1c(SC(C)C(=O)c2ccccc2)nnc1N1CCOCC1. The molecule has 3 rings (SSSR count). The minimum Gasteiger partial charge on any atom is -0.378 e. The second-order valence-corrected chi connectivity index (χ2v) is 8.18. The molecule has 140 valence electrons. The Morgan fingerprint density at radius 1 is 1.15 bits per heavy atom. The number of ether oxygens (including phenoxy) is 1. The van der Waals surface area contributed by atoms with Gasteiger partial charge in [-0.05, 0) is 12.8 Å². The van der Waals surface area contributed by atoms with E-state index < -0.39 is 0 Å². The van der Waals surface area contributed by atoms with Crippen molar-refractivity contribution in [2.24, 2.45) is 5.92 Å². The van der Waals surface area contributed by atoms with E-state index in [0.29, 0.717) is 19.1 Å². The van der Waals surface area contributed by atoms with Crippen molar-refractivity contribution >= 4 is 23.5 Å². The maximum atomic E-state index is 12.7. The van der Waals surface area contributed by atoms with E-state index in [-0.39, 0.29) is 11.0 Å². The Morgan fingerprint density at radius 2 is 1.85 bits per heavy atom. The zero-order valence-corrected chi connectivity index (χ0v) is 16.4. The van der Waals surface area contributed by atoms with Gasteiger partial charge >= 0.3 is 0 Å². The molecule has 2 heterocycles. The second-order valence-electron chi connectivity index (χ2n) is 6.88. The van der Waals surface area contributed by atoms with Crippen LogP contribution >= 0.6 is 11.8 Å². The van der Waals surface area contributed by atoms with Crippen LogP contribution < -0.4 is 4.90 Å². The number of aromatic nitrogens is 3. The summed E-state index contributed by atoms with van der Waals surface area (Å²) in [6.45, 7) is 10.2. The largest absolute Gasteiger partial charge is 0.378 e. The molecule has 2 aromatic rings. The Morgan fingerprint density at radius 3 is 2.50 bits per heavy atom. The highest BCUT2D eigenvalue weighted by atomic mass is 32.2. The number of ketones is 1. The molecule has 1 aromatic heterocycles. The fourth-order valence-corrected chi connectivity index (χ4v) is 3.87. The van der Waals surface area contributed by atoms with Gasteiger partial charge in [0.25, 0.3) is 0 Å². The molecule has 0 aliphatic carbocycles. The number of Topliss-reactive ketones (excluding diaryl/α,β-unsaturated/α-hetero) is 1. The molecule has 1 aromatic carbocycles. The summed E-state index contributed by atoms with van der Waals surface area (Å²) >= 11 is 1.48. The summed E-state index contributed by atoms with van der Waals surface area (Å²) in [5, 5.41) is 9.42. The van der Waals surface area contributed by atoms with Crippen molar-refractivity contribution in [2.45, 2.75) is 37.7 Å². The third-order valence-electron chi connectivity index (χ3n) is 4.25. The predicted octanol–water partition coefficient (Wildman–Crippen LogP) is 3.13. The third-order valence-corrected chi connectivity index (χ3v) is 5.33. The van der Waals surface area contributed by atoms with Gasteiger partial charge in [-0.25, -0.2) is 0 Å². The van der Waals surface area contributed by atoms with Crippen molar-refractivity contribution in [3.05, 3.63) is 35.9 Å². The lowest BCUT2D eigenvalue weighted by Gasteiger charge is -2.28. The molecule has 1 aliphatic rings. The first-order chi connectivity index (χ1) is 12.6. The Hall–Kier alpha value is -1.86. The second kappa shape index (κ2) is 8.68. The van der Waals surface area contributed by atoms with E-state index in [2.05, 4.69) is 33.5 Å². The quantitative estimate of drug-likeness (QED) is 0.548. The molecule has 0 radical (unpaired) electrons. The van der Waals surface area contributed by atoms with Gasteiger partial charge in [0, 0.05) is 25.2 Å². The van der Waals surface area contributed by atoms with Crippen LogP contribution in [0.25, 0.3) is 0 Å². The normalized spacial score (nSPS) is 16.1. The van der Waals surface area contributed by atoms with E-state index in [4.69, 9.17) is 4.74 Å². The van der Waals surface area contributed by atoms with E-state index in [1.165, 1.54) is 11.8 Å². The van der Waals surface area contributed by atoms with Crippen molar-refractivity contribution in [1.82, 2.24) is 14.8 Å². The lowest BCUT2D eigenvalue weighted by Crippen LogP contribution is -2.38. The molecule has 7 heteroatoms. The van der Waals surface area contributed by atoms with Crippen LogP contribution in [-0.4, -0.2) is 52.1 Å². The standard InChI is InChI=1S/C19H26N4O2S/c1-14(2)13-23-18(22-9-11-25-12-10-22)20-21-19(23)26-15(3)17(24)16-7-5-4-6-8-16/h4-8,14-15H,9-13H2,1-3H3. The average molecular weight is 375 g/mol. The molecule has 1 aliphatic heterocycles. The molecule has 26 heavy (non-hydrogen) atoms. The summed E-state index contributed by atoms with van der Waals surface area (Å²) in [5.41, 5.74) is 0.732. The van der Waals surface area contributed by atoms with Gasteiger partial charge in [0.15, 0.2) is 10.9 Å². The number of carbonyl (C=O) groups excluding carboxylic acids is 1. The van der Waals surface area contributed by atoms with E-state index in [1.54, 1.807) is 0 Å². The van der Waals surface area contributed by atoms with Crippen molar-refractivity contribution in [3.8, 4) is 0 Å². The molecular formula is C19H26N4O2S. The van der Waals surface area contributed by atoms with Crippen molar-refractivity contribution in [1.29, 1.82) is 0 Å². The van der Waals surface area contributed by atoms with Gasteiger partial charge < -0.3 is 9.64 Å². The van der Waals surface area contributed by atoms with Crippen LogP contribution in [-0.2, 0) is 11.3 Å². The molecule has 0 amide bonds. The molecule has 1 unspecified atom stereocenters. The molecular weight excluding hydrogens is 348 g/mol. The van der Waals surface area contributed by atoms with Gasteiger partial charge in [0.05, 0.1) is 18.5 Å². The Balaban J connectivity index is 1.80. The van der Waals surface area contributed by atoms with Gasteiger partial charge in [-0.2, -0.15) is 0 Å². The van der Waals surface area contributed by atoms with Crippen LogP contribution in [0.3, 0.4) is 0 Å². The van der Waals surface area contributed by atoms with E-state index in [9.17, 15) is 4.79 Å². The lowest BCUT2D eigenvalue weighted by atomic mass is 10.1. The van der Waals surface area contributed by atoms with E-state index >= 15 is 0 Å². The van der Waals surface area contributed by atoms with Gasteiger partial charge in [0.1, 0.15) is 0 Å². The lowest BCUT2D eigenvalue weighted by molar-refractivity contribution is 0.0994. The van der Waals surface area contributed by atoms with Gasteiger partial charge in [0.2, 0.25) is 5.95 Å². The molecule has 1 atom stereocenters. The first-order valence-corrected chi connectivity index (χ1v) is 9.96. The number of rotatable bonds is 7. The first kappa shape index (κ1) is 18.9. The first-order valence-electron chi connectivity index (χ1n) is 9.08. The third kappa shape index (κ3) is 4.45. The molecule has 0 N–H and O–H groups in total. The molecule has 1 fully saturated rings. The molecule has 1 saturated heterocycles. The number of benzene rings is 1. The molecule has 0 saturated carbocycles. The van der Waals surface area contributed by atoms with E-state index in [0.717, 1.165) is 36.3 Å². The van der Waals surface area contributed by atoms with Crippen molar-refractivity contribution in [2.75, 3.05) is 31.2 Å². The minimum atomic E-state index is -0.218. The predicted molar refractivity (Wildman–Crippen MR) is 104 cm³/mol.